The van der Waals surface area contributed by atoms with Crippen LogP contribution in [0.1, 0.15) is 47.6 Å². The van der Waals surface area contributed by atoms with Crippen molar-refractivity contribution in [2.45, 2.75) is 50.4 Å². The molecule has 0 bridgehead atoms. The summed E-state index contributed by atoms with van der Waals surface area (Å²) in [5.41, 5.74) is 8.13. The predicted molar refractivity (Wildman–Crippen MR) is 105 cm³/mol. The van der Waals surface area contributed by atoms with Gasteiger partial charge in [-0.2, -0.15) is 0 Å². The zero-order valence-corrected chi connectivity index (χ0v) is 15.8. The number of halogens is 1. The van der Waals surface area contributed by atoms with Gasteiger partial charge in [0, 0.05) is 42.3 Å². The summed E-state index contributed by atoms with van der Waals surface area (Å²) in [5.74, 6) is -0.809. The molecule has 0 spiro atoms. The largest absolute Gasteiger partial charge is 0.477 e. The standard InChI is InChI=1S/C21H24FN3O3/c1-11-16(24-7-4-12(9-24)21(23)5-6-21)3-2-13-18(11)25(17-8-15(17)22)10-14(19(13)26)20(27)28/h2-3,10,12,15,17H,4-9,23H2,1H3,(H,27,28)/t12-,15+,17?/m1/s1. The van der Waals surface area contributed by atoms with Crippen LogP contribution >= 0.6 is 0 Å². The molecule has 1 aromatic carbocycles. The van der Waals surface area contributed by atoms with Gasteiger partial charge in [-0.25, -0.2) is 9.18 Å². The summed E-state index contributed by atoms with van der Waals surface area (Å²) in [5, 5.41) is 9.74. The maximum atomic E-state index is 13.9. The lowest BCUT2D eigenvalue weighted by atomic mass is 9.97. The van der Waals surface area contributed by atoms with Gasteiger partial charge in [0.1, 0.15) is 11.7 Å². The highest BCUT2D eigenvalue weighted by molar-refractivity contribution is 5.95. The molecule has 6 nitrogen and oxygen atoms in total. The molecule has 1 unspecified atom stereocenters. The average Bonchev–Trinajstić information content (AvgIpc) is 3.52. The van der Waals surface area contributed by atoms with Crippen LogP contribution in [0, 0.1) is 12.8 Å². The molecule has 5 rings (SSSR count). The van der Waals surface area contributed by atoms with E-state index in [4.69, 9.17) is 5.73 Å². The maximum absolute atomic E-state index is 13.9. The van der Waals surface area contributed by atoms with Gasteiger partial charge in [-0.1, -0.05) is 0 Å². The van der Waals surface area contributed by atoms with Crippen molar-refractivity contribution >= 4 is 22.6 Å². The molecule has 7 heteroatoms. The molecule has 3 aliphatic rings. The van der Waals surface area contributed by atoms with Crippen molar-refractivity contribution in [1.29, 1.82) is 0 Å². The fraction of sp³-hybridized carbons (Fsp3) is 0.524. The highest BCUT2D eigenvalue weighted by Gasteiger charge is 2.48. The minimum atomic E-state index is -1.28. The van der Waals surface area contributed by atoms with Crippen LogP contribution in [0.5, 0.6) is 0 Å². The molecule has 1 saturated heterocycles. The van der Waals surface area contributed by atoms with Crippen LogP contribution in [0.25, 0.3) is 10.9 Å². The van der Waals surface area contributed by atoms with Crippen molar-refractivity contribution in [3.8, 4) is 0 Å². The summed E-state index contributed by atoms with van der Waals surface area (Å²) in [6.07, 6.45) is 3.88. The molecule has 2 aliphatic carbocycles. The lowest BCUT2D eigenvalue weighted by Crippen LogP contribution is -2.34. The van der Waals surface area contributed by atoms with Crippen molar-refractivity contribution in [2.24, 2.45) is 11.7 Å². The smallest absolute Gasteiger partial charge is 0.341 e. The summed E-state index contributed by atoms with van der Waals surface area (Å²) in [6, 6.07) is 3.19. The van der Waals surface area contributed by atoms with Gasteiger partial charge in [0.2, 0.25) is 5.43 Å². The molecule has 3 fully saturated rings. The molecule has 2 aromatic rings. The first kappa shape index (κ1) is 17.7. The molecule has 2 heterocycles. The normalized spacial score (nSPS) is 28.0. The Kier molecular flexibility index (Phi) is 3.66. The highest BCUT2D eigenvalue weighted by atomic mass is 19.1. The van der Waals surface area contributed by atoms with E-state index in [-0.39, 0.29) is 11.1 Å². The van der Waals surface area contributed by atoms with Crippen molar-refractivity contribution in [3.05, 3.63) is 39.7 Å². The summed E-state index contributed by atoms with van der Waals surface area (Å²) < 4.78 is 15.5. The van der Waals surface area contributed by atoms with Gasteiger partial charge in [0.05, 0.1) is 11.6 Å². The molecule has 3 N–H and O–H groups in total. The quantitative estimate of drug-likeness (QED) is 0.845. The fourth-order valence-electron chi connectivity index (χ4n) is 4.81. The van der Waals surface area contributed by atoms with Gasteiger partial charge < -0.3 is 20.3 Å². The number of nitrogens with two attached hydrogens (primary N) is 1. The van der Waals surface area contributed by atoms with Crippen LogP contribution in [-0.2, 0) is 0 Å². The summed E-state index contributed by atoms with van der Waals surface area (Å²) in [4.78, 5) is 26.5. The Hall–Kier alpha value is -2.41. The van der Waals surface area contributed by atoms with Gasteiger partial charge in [-0.3, -0.25) is 4.79 Å². The van der Waals surface area contributed by atoms with E-state index in [1.807, 2.05) is 13.0 Å². The number of benzene rings is 1. The summed E-state index contributed by atoms with van der Waals surface area (Å²) in [7, 11) is 0. The maximum Gasteiger partial charge on any atom is 0.341 e. The van der Waals surface area contributed by atoms with Gasteiger partial charge in [0.25, 0.3) is 0 Å². The molecular formula is C21H24FN3O3. The second kappa shape index (κ2) is 5.80. The minimum Gasteiger partial charge on any atom is -0.477 e. The highest BCUT2D eigenvalue weighted by Crippen LogP contribution is 2.46. The monoisotopic (exact) mass is 385 g/mol. The van der Waals surface area contributed by atoms with Crippen LogP contribution in [0.3, 0.4) is 0 Å². The lowest BCUT2D eigenvalue weighted by Gasteiger charge is -2.25. The van der Waals surface area contributed by atoms with Gasteiger partial charge in [0.15, 0.2) is 0 Å². The third-order valence-electron chi connectivity index (χ3n) is 6.86. The van der Waals surface area contributed by atoms with E-state index in [1.165, 1.54) is 6.20 Å². The summed E-state index contributed by atoms with van der Waals surface area (Å²) in [6.45, 7) is 3.73. The zero-order valence-electron chi connectivity index (χ0n) is 15.8. The number of carbonyl (C=O) groups is 1. The first-order chi connectivity index (χ1) is 13.3. The molecule has 28 heavy (non-hydrogen) atoms. The second-order valence-electron chi connectivity index (χ2n) is 8.67. The Morgan fingerprint density at radius 1 is 1.36 bits per heavy atom. The van der Waals surface area contributed by atoms with E-state index in [0.717, 1.165) is 43.6 Å². The first-order valence-electron chi connectivity index (χ1n) is 9.90. The number of rotatable bonds is 4. The number of aromatic nitrogens is 1. The van der Waals surface area contributed by atoms with Crippen molar-refractivity contribution < 1.29 is 14.3 Å². The Morgan fingerprint density at radius 3 is 2.68 bits per heavy atom. The third kappa shape index (κ3) is 2.56. The number of fused-ring (bicyclic) bond motifs is 1. The number of aromatic carboxylic acids is 1. The lowest BCUT2D eigenvalue weighted by molar-refractivity contribution is 0.0694. The van der Waals surface area contributed by atoms with Gasteiger partial charge in [-0.05, 0) is 49.8 Å². The zero-order chi connectivity index (χ0) is 19.8. The first-order valence-corrected chi connectivity index (χ1v) is 9.90. The topological polar surface area (TPSA) is 88.6 Å². The van der Waals surface area contributed by atoms with Gasteiger partial charge >= 0.3 is 5.97 Å². The Bertz CT molecular complexity index is 1060. The number of pyridine rings is 1. The number of alkyl halides is 1. The van der Waals surface area contributed by atoms with Crippen LogP contribution < -0.4 is 16.1 Å². The van der Waals surface area contributed by atoms with Crippen molar-refractivity contribution in [2.75, 3.05) is 18.0 Å². The van der Waals surface area contributed by atoms with E-state index in [2.05, 4.69) is 4.90 Å². The number of aryl methyl sites for hydroxylation is 1. The molecule has 1 aromatic heterocycles. The number of nitrogens with zero attached hydrogens (tertiary/aromatic N) is 2. The third-order valence-corrected chi connectivity index (χ3v) is 6.86. The van der Waals surface area contributed by atoms with E-state index in [9.17, 15) is 19.1 Å². The molecule has 2 saturated carbocycles. The molecule has 0 amide bonds. The Labute approximate surface area is 161 Å². The second-order valence-corrected chi connectivity index (χ2v) is 8.67. The van der Waals surface area contributed by atoms with E-state index in [0.29, 0.717) is 23.2 Å². The van der Waals surface area contributed by atoms with Crippen LogP contribution in [0.2, 0.25) is 0 Å². The van der Waals surface area contributed by atoms with Crippen LogP contribution in [0.15, 0.2) is 23.1 Å². The average molecular weight is 385 g/mol. The minimum absolute atomic E-state index is 0.0204. The van der Waals surface area contributed by atoms with Crippen molar-refractivity contribution in [3.63, 3.8) is 0 Å². The Morgan fingerprint density at radius 2 is 2.07 bits per heavy atom. The summed E-state index contributed by atoms with van der Waals surface area (Å²) >= 11 is 0. The van der Waals surface area contributed by atoms with E-state index >= 15 is 0 Å². The number of carboxylic acids is 1. The Balaban J connectivity index is 1.63. The number of hydrogen-bond acceptors (Lipinski definition) is 4. The number of hydrogen-bond donors (Lipinski definition) is 2. The molecule has 0 radical (unpaired) electrons. The molecule has 148 valence electrons. The molecular weight excluding hydrogens is 361 g/mol. The van der Waals surface area contributed by atoms with E-state index in [1.54, 1.807) is 10.6 Å². The fourth-order valence-corrected chi connectivity index (χ4v) is 4.81. The number of anilines is 1. The van der Waals surface area contributed by atoms with E-state index < -0.39 is 23.6 Å². The van der Waals surface area contributed by atoms with Crippen LogP contribution in [0.4, 0.5) is 10.1 Å². The van der Waals surface area contributed by atoms with Gasteiger partial charge in [-0.15, -0.1) is 0 Å². The molecule has 1 aliphatic heterocycles. The van der Waals surface area contributed by atoms with Crippen molar-refractivity contribution in [1.82, 2.24) is 4.57 Å². The molecule has 3 atom stereocenters. The SMILES string of the molecule is Cc1c(N2CC[C@@H](C3(N)CC3)C2)ccc2c(=O)c(C(=O)O)cn(C3C[C@@H]3F)c12. The predicted octanol–water partition coefficient (Wildman–Crippen LogP) is 2.61. The van der Waals surface area contributed by atoms with Crippen LogP contribution in [-0.4, -0.2) is 40.4 Å². The number of carboxylic acid groups (broad SMARTS) is 1.